The van der Waals surface area contributed by atoms with Crippen molar-refractivity contribution in [3.05, 3.63) is 11.8 Å². The molecular weight excluding hydrogens is 156 g/mol. The highest BCUT2D eigenvalue weighted by Gasteiger charge is 2.18. The molecule has 0 aliphatic carbocycles. The molecule has 4 heteroatoms. The Kier molecular flexibility index (Phi) is 2.08. The summed E-state index contributed by atoms with van der Waals surface area (Å²) in [7, 11) is 0. The second-order valence-electron chi connectivity index (χ2n) is 3.15. The fourth-order valence-corrected chi connectivity index (χ4v) is 1.41. The molecule has 1 fully saturated rings. The van der Waals surface area contributed by atoms with Gasteiger partial charge in [-0.3, -0.25) is 0 Å². The molecule has 4 nitrogen and oxygen atoms in total. The minimum atomic E-state index is 0.574. The van der Waals surface area contributed by atoms with E-state index in [9.17, 15) is 0 Å². The van der Waals surface area contributed by atoms with Gasteiger partial charge in [-0.1, -0.05) is 0 Å². The second kappa shape index (κ2) is 3.23. The molecule has 1 aromatic heterocycles. The van der Waals surface area contributed by atoms with Gasteiger partial charge in [-0.2, -0.15) is 0 Å². The van der Waals surface area contributed by atoms with Crippen LogP contribution in [0.5, 0.6) is 0 Å². The van der Waals surface area contributed by atoms with Crippen molar-refractivity contribution in [1.82, 2.24) is 10.2 Å². The van der Waals surface area contributed by atoms with Gasteiger partial charge in [0, 0.05) is 26.6 Å². The highest BCUT2D eigenvalue weighted by molar-refractivity contribution is 4.83. The van der Waals surface area contributed by atoms with Crippen LogP contribution < -0.4 is 0 Å². The third-order valence-electron chi connectivity index (χ3n) is 2.06. The quantitative estimate of drug-likeness (QED) is 0.659. The molecule has 2 heterocycles. The summed E-state index contributed by atoms with van der Waals surface area (Å²) >= 11 is 0. The van der Waals surface area contributed by atoms with Gasteiger partial charge in [0.25, 0.3) is 0 Å². The van der Waals surface area contributed by atoms with Gasteiger partial charge < -0.3 is 9.15 Å². The van der Waals surface area contributed by atoms with Crippen molar-refractivity contribution in [2.75, 3.05) is 13.2 Å². The van der Waals surface area contributed by atoms with Crippen LogP contribution in [0.2, 0.25) is 0 Å². The normalized spacial score (nSPS) is 23.2. The highest BCUT2D eigenvalue weighted by Crippen LogP contribution is 2.17. The number of ether oxygens (including phenoxy) is 1. The second-order valence-corrected chi connectivity index (χ2v) is 3.15. The van der Waals surface area contributed by atoms with E-state index >= 15 is 0 Å². The number of hydrogen-bond acceptors (Lipinski definition) is 4. The molecule has 2 rings (SSSR count). The van der Waals surface area contributed by atoms with Gasteiger partial charge in [0.1, 0.15) is 0 Å². The van der Waals surface area contributed by atoms with Crippen molar-refractivity contribution in [2.24, 2.45) is 5.92 Å². The first kappa shape index (κ1) is 7.73. The van der Waals surface area contributed by atoms with E-state index < -0.39 is 0 Å². The smallest absolute Gasteiger partial charge is 0.216 e. The van der Waals surface area contributed by atoms with E-state index in [1.165, 1.54) is 0 Å². The molecule has 1 aliphatic heterocycles. The van der Waals surface area contributed by atoms with Crippen LogP contribution in [0.3, 0.4) is 0 Å². The minimum absolute atomic E-state index is 0.574. The lowest BCUT2D eigenvalue weighted by Gasteiger charge is -2.00. The maximum absolute atomic E-state index is 5.27. The lowest BCUT2D eigenvalue weighted by atomic mass is 10.1. The summed E-state index contributed by atoms with van der Waals surface area (Å²) in [4.78, 5) is 0. The zero-order valence-electron chi connectivity index (χ0n) is 7.12. The average Bonchev–Trinajstić information content (AvgIpc) is 2.63. The molecule has 0 N–H and O–H groups in total. The molecule has 1 aromatic rings. The predicted molar refractivity (Wildman–Crippen MR) is 41.7 cm³/mol. The van der Waals surface area contributed by atoms with Gasteiger partial charge in [-0.15, -0.1) is 10.2 Å². The maximum atomic E-state index is 5.27. The van der Waals surface area contributed by atoms with E-state index in [4.69, 9.17) is 9.15 Å². The molecule has 0 radical (unpaired) electrons. The van der Waals surface area contributed by atoms with Gasteiger partial charge in [-0.05, 0) is 12.3 Å². The molecular formula is C8H12N2O2. The van der Waals surface area contributed by atoms with Crippen molar-refractivity contribution >= 4 is 0 Å². The number of nitrogens with zero attached hydrogens (tertiary/aromatic N) is 2. The summed E-state index contributed by atoms with van der Waals surface area (Å²) < 4.78 is 10.5. The van der Waals surface area contributed by atoms with Crippen molar-refractivity contribution in [2.45, 2.75) is 19.8 Å². The topological polar surface area (TPSA) is 48.2 Å². The van der Waals surface area contributed by atoms with E-state index in [0.717, 1.165) is 31.9 Å². The fraction of sp³-hybridized carbons (Fsp3) is 0.750. The first-order valence-corrected chi connectivity index (χ1v) is 4.21. The summed E-state index contributed by atoms with van der Waals surface area (Å²) in [6, 6.07) is 0. The minimum Gasteiger partial charge on any atom is -0.426 e. The Bertz CT molecular complexity index is 253. The van der Waals surface area contributed by atoms with E-state index in [1.807, 2.05) is 6.92 Å². The molecule has 12 heavy (non-hydrogen) atoms. The summed E-state index contributed by atoms with van der Waals surface area (Å²) in [5.74, 6) is 1.96. The Balaban J connectivity index is 1.94. The lowest BCUT2D eigenvalue weighted by molar-refractivity contribution is 0.184. The third-order valence-corrected chi connectivity index (χ3v) is 2.06. The number of rotatable bonds is 2. The zero-order valence-corrected chi connectivity index (χ0v) is 7.12. The van der Waals surface area contributed by atoms with E-state index in [1.54, 1.807) is 0 Å². The summed E-state index contributed by atoms with van der Waals surface area (Å²) in [6.45, 7) is 3.51. The van der Waals surface area contributed by atoms with Crippen molar-refractivity contribution < 1.29 is 9.15 Å². The molecule has 0 spiro atoms. The van der Waals surface area contributed by atoms with Gasteiger partial charge in [0.15, 0.2) is 0 Å². The van der Waals surface area contributed by atoms with Crippen LogP contribution in [0.15, 0.2) is 4.42 Å². The van der Waals surface area contributed by atoms with Gasteiger partial charge in [-0.25, -0.2) is 0 Å². The predicted octanol–water partition coefficient (Wildman–Crippen LogP) is 0.957. The van der Waals surface area contributed by atoms with Gasteiger partial charge >= 0.3 is 0 Å². The molecule has 1 saturated heterocycles. The van der Waals surface area contributed by atoms with Crippen LogP contribution in [-0.2, 0) is 11.2 Å². The summed E-state index contributed by atoms with van der Waals surface area (Å²) in [5.41, 5.74) is 0. The average molecular weight is 168 g/mol. The van der Waals surface area contributed by atoms with Crippen LogP contribution in [0.25, 0.3) is 0 Å². The zero-order chi connectivity index (χ0) is 8.39. The Morgan fingerprint density at radius 2 is 2.42 bits per heavy atom. The number of aryl methyl sites for hydroxylation is 1. The fourth-order valence-electron chi connectivity index (χ4n) is 1.41. The molecule has 66 valence electrons. The summed E-state index contributed by atoms with van der Waals surface area (Å²) in [6.07, 6.45) is 1.97. The van der Waals surface area contributed by atoms with Crippen molar-refractivity contribution in [1.29, 1.82) is 0 Å². The first-order valence-electron chi connectivity index (χ1n) is 4.21. The van der Waals surface area contributed by atoms with Crippen LogP contribution in [-0.4, -0.2) is 23.4 Å². The van der Waals surface area contributed by atoms with Gasteiger partial charge in [0.05, 0.1) is 0 Å². The molecule has 0 aromatic carbocycles. The Morgan fingerprint density at radius 1 is 1.50 bits per heavy atom. The van der Waals surface area contributed by atoms with Crippen molar-refractivity contribution in [3.8, 4) is 0 Å². The summed E-state index contributed by atoms with van der Waals surface area (Å²) in [5, 5.41) is 7.71. The van der Waals surface area contributed by atoms with Crippen LogP contribution in [0.4, 0.5) is 0 Å². The van der Waals surface area contributed by atoms with Crippen LogP contribution in [0.1, 0.15) is 18.2 Å². The van der Waals surface area contributed by atoms with E-state index in [-0.39, 0.29) is 0 Å². The van der Waals surface area contributed by atoms with Crippen molar-refractivity contribution in [3.63, 3.8) is 0 Å². The molecule has 0 amide bonds. The molecule has 1 aliphatic rings. The standard InChI is InChI=1S/C8H12N2O2/c1-6-9-10-8(12-6)4-7-2-3-11-5-7/h7H,2-5H2,1H3. The molecule has 0 bridgehead atoms. The Labute approximate surface area is 70.9 Å². The van der Waals surface area contributed by atoms with Gasteiger partial charge in [0.2, 0.25) is 11.8 Å². The molecule has 0 saturated carbocycles. The number of hydrogen-bond donors (Lipinski definition) is 0. The molecule has 1 unspecified atom stereocenters. The monoisotopic (exact) mass is 168 g/mol. The van der Waals surface area contributed by atoms with E-state index in [2.05, 4.69) is 10.2 Å². The SMILES string of the molecule is Cc1nnc(CC2CCOC2)o1. The van der Waals surface area contributed by atoms with Crippen LogP contribution in [0, 0.1) is 12.8 Å². The first-order chi connectivity index (χ1) is 5.84. The maximum Gasteiger partial charge on any atom is 0.216 e. The Hall–Kier alpha value is -0.900. The highest BCUT2D eigenvalue weighted by atomic mass is 16.5. The van der Waals surface area contributed by atoms with E-state index in [0.29, 0.717) is 11.8 Å². The van der Waals surface area contributed by atoms with Crippen LogP contribution >= 0.6 is 0 Å². The third kappa shape index (κ3) is 1.64. The largest absolute Gasteiger partial charge is 0.426 e. The lowest BCUT2D eigenvalue weighted by Crippen LogP contribution is -2.03. The Morgan fingerprint density at radius 3 is 3.00 bits per heavy atom. The number of aromatic nitrogens is 2. The molecule has 1 atom stereocenters.